The van der Waals surface area contributed by atoms with Gasteiger partial charge in [0.1, 0.15) is 6.10 Å². The number of esters is 1. The lowest BCUT2D eigenvalue weighted by Crippen LogP contribution is -2.57. The first-order chi connectivity index (χ1) is 11.7. The molecule has 3 aliphatic carbocycles. The Morgan fingerprint density at radius 1 is 1.16 bits per heavy atom. The summed E-state index contributed by atoms with van der Waals surface area (Å²) in [5.74, 6) is 0.435. The molecule has 0 N–H and O–H groups in total. The quantitative estimate of drug-likeness (QED) is 0.612. The molecule has 0 spiro atoms. The van der Waals surface area contributed by atoms with Gasteiger partial charge in [-0.05, 0) is 54.2 Å². The molecule has 4 aliphatic rings. The minimum absolute atomic E-state index is 0.0717. The van der Waals surface area contributed by atoms with E-state index in [9.17, 15) is 14.4 Å². The summed E-state index contributed by atoms with van der Waals surface area (Å²) in [7, 11) is 1.44. The van der Waals surface area contributed by atoms with Crippen LogP contribution in [0.25, 0.3) is 0 Å². The summed E-state index contributed by atoms with van der Waals surface area (Å²) in [5, 5.41) is 0. The maximum atomic E-state index is 12.6. The molecule has 1 aliphatic heterocycles. The van der Waals surface area contributed by atoms with Crippen molar-refractivity contribution in [2.75, 3.05) is 7.05 Å². The second kappa shape index (κ2) is 5.16. The molecule has 5 rings (SSSR count). The molecule has 3 fully saturated rings. The fraction of sp³-hybridized carbons (Fsp3) is 0.550. The number of imide groups is 1. The molecule has 5 heteroatoms. The van der Waals surface area contributed by atoms with E-state index in [1.54, 1.807) is 12.1 Å². The predicted molar refractivity (Wildman–Crippen MR) is 91.2 cm³/mol. The van der Waals surface area contributed by atoms with Crippen LogP contribution in [0.4, 0.5) is 0 Å². The molecule has 1 heterocycles. The zero-order valence-electron chi connectivity index (χ0n) is 15.0. The second-order valence-corrected chi connectivity index (χ2v) is 8.33. The fourth-order valence-corrected chi connectivity index (χ4v) is 4.95. The summed E-state index contributed by atoms with van der Waals surface area (Å²) in [6.07, 6.45) is 2.06. The van der Waals surface area contributed by atoms with Crippen LogP contribution in [0.15, 0.2) is 18.2 Å². The Labute approximate surface area is 147 Å². The van der Waals surface area contributed by atoms with E-state index in [-0.39, 0.29) is 23.5 Å². The normalized spacial score (nSPS) is 32.2. The Balaban J connectivity index is 1.52. The van der Waals surface area contributed by atoms with Crippen LogP contribution < -0.4 is 0 Å². The molecular weight excluding hydrogens is 318 g/mol. The lowest BCUT2D eigenvalue weighted by atomic mass is 9.45. The molecule has 0 saturated heterocycles. The average Bonchev–Trinajstić information content (AvgIpc) is 2.80. The lowest BCUT2D eigenvalue weighted by molar-refractivity contribution is -0.156. The molecule has 1 aromatic rings. The van der Waals surface area contributed by atoms with Crippen molar-refractivity contribution in [3.63, 3.8) is 0 Å². The van der Waals surface area contributed by atoms with Gasteiger partial charge in [0.15, 0.2) is 0 Å². The van der Waals surface area contributed by atoms with Crippen LogP contribution >= 0.6 is 0 Å². The van der Waals surface area contributed by atoms with Crippen LogP contribution in [0, 0.1) is 23.2 Å². The number of fused-ring (bicyclic) bond motifs is 3. The number of carbonyl (C=O) groups is 3. The number of carbonyl (C=O) groups excluding carboxylic acids is 3. The topological polar surface area (TPSA) is 63.7 Å². The minimum Gasteiger partial charge on any atom is -0.458 e. The molecule has 1 aromatic carbocycles. The molecule has 2 bridgehead atoms. The Morgan fingerprint density at radius 2 is 1.84 bits per heavy atom. The van der Waals surface area contributed by atoms with Crippen LogP contribution in [-0.4, -0.2) is 35.8 Å². The summed E-state index contributed by atoms with van der Waals surface area (Å²) in [6.45, 7) is 6.78. The zero-order valence-corrected chi connectivity index (χ0v) is 15.0. The molecule has 2 amide bonds. The van der Waals surface area contributed by atoms with Crippen molar-refractivity contribution >= 4 is 17.8 Å². The van der Waals surface area contributed by atoms with Crippen LogP contribution in [0.1, 0.15) is 64.7 Å². The van der Waals surface area contributed by atoms with E-state index in [1.807, 2.05) is 0 Å². The van der Waals surface area contributed by atoms with Crippen molar-refractivity contribution in [3.8, 4) is 0 Å². The van der Waals surface area contributed by atoms with E-state index in [2.05, 4.69) is 20.8 Å². The van der Waals surface area contributed by atoms with Crippen LogP contribution in [0.5, 0.6) is 0 Å². The third-order valence-electron chi connectivity index (χ3n) is 6.87. The van der Waals surface area contributed by atoms with Gasteiger partial charge in [-0.2, -0.15) is 0 Å². The van der Waals surface area contributed by atoms with Crippen molar-refractivity contribution in [2.45, 2.75) is 39.7 Å². The number of hydrogen-bond donors (Lipinski definition) is 0. The largest absolute Gasteiger partial charge is 0.458 e. The van der Waals surface area contributed by atoms with Gasteiger partial charge in [0.05, 0.1) is 16.7 Å². The van der Waals surface area contributed by atoms with Gasteiger partial charge in [0.2, 0.25) is 0 Å². The van der Waals surface area contributed by atoms with E-state index >= 15 is 0 Å². The molecule has 25 heavy (non-hydrogen) atoms. The first kappa shape index (κ1) is 16.3. The van der Waals surface area contributed by atoms with Gasteiger partial charge in [-0.1, -0.05) is 20.8 Å². The molecule has 5 nitrogen and oxygen atoms in total. The van der Waals surface area contributed by atoms with E-state index in [0.717, 1.165) is 11.3 Å². The first-order valence-electron chi connectivity index (χ1n) is 8.89. The Morgan fingerprint density at radius 3 is 2.48 bits per heavy atom. The van der Waals surface area contributed by atoms with Gasteiger partial charge in [-0.25, -0.2) is 4.79 Å². The highest BCUT2D eigenvalue weighted by Crippen LogP contribution is 2.61. The van der Waals surface area contributed by atoms with Gasteiger partial charge in [0.25, 0.3) is 11.8 Å². The van der Waals surface area contributed by atoms with Gasteiger partial charge in [-0.15, -0.1) is 0 Å². The number of benzene rings is 1. The highest BCUT2D eigenvalue weighted by atomic mass is 16.5. The first-order valence-corrected chi connectivity index (χ1v) is 8.89. The molecule has 0 radical (unpaired) electrons. The van der Waals surface area contributed by atoms with Crippen molar-refractivity contribution in [1.29, 1.82) is 0 Å². The summed E-state index contributed by atoms with van der Waals surface area (Å²) >= 11 is 0. The maximum absolute atomic E-state index is 12.6. The van der Waals surface area contributed by atoms with Gasteiger partial charge in [-0.3, -0.25) is 14.5 Å². The zero-order chi connectivity index (χ0) is 18.1. The summed E-state index contributed by atoms with van der Waals surface area (Å²) in [5.41, 5.74) is 1.30. The van der Waals surface area contributed by atoms with Crippen LogP contribution in [-0.2, 0) is 4.74 Å². The highest BCUT2D eigenvalue weighted by Gasteiger charge is 2.57. The SMILES string of the molecule is CC1C(OC(=O)c2ccc3c(c2)C(=O)N(C)C3=O)CC2CC1C2(C)C. The van der Waals surface area contributed by atoms with E-state index in [4.69, 9.17) is 4.74 Å². The maximum Gasteiger partial charge on any atom is 0.338 e. The Bertz CT molecular complexity index is 797. The highest BCUT2D eigenvalue weighted by molar-refractivity contribution is 6.21. The van der Waals surface area contributed by atoms with Crippen molar-refractivity contribution < 1.29 is 19.1 Å². The second-order valence-electron chi connectivity index (χ2n) is 8.33. The van der Waals surface area contributed by atoms with Crippen molar-refractivity contribution in [3.05, 3.63) is 34.9 Å². The monoisotopic (exact) mass is 341 g/mol. The Kier molecular flexibility index (Phi) is 3.37. The third-order valence-corrected chi connectivity index (χ3v) is 6.87. The van der Waals surface area contributed by atoms with E-state index < -0.39 is 5.97 Å². The number of rotatable bonds is 2. The number of amides is 2. The number of hydrogen-bond acceptors (Lipinski definition) is 4. The van der Waals surface area contributed by atoms with Crippen molar-refractivity contribution in [2.24, 2.45) is 23.2 Å². The summed E-state index contributed by atoms with van der Waals surface area (Å²) < 4.78 is 5.78. The van der Waals surface area contributed by atoms with Crippen LogP contribution in [0.2, 0.25) is 0 Å². The smallest absolute Gasteiger partial charge is 0.338 e. The molecule has 3 saturated carbocycles. The molecular formula is C20H23NO4. The van der Waals surface area contributed by atoms with E-state index in [0.29, 0.717) is 34.3 Å². The molecule has 4 atom stereocenters. The Hall–Kier alpha value is -2.17. The van der Waals surface area contributed by atoms with Gasteiger partial charge >= 0.3 is 5.97 Å². The predicted octanol–water partition coefficient (Wildman–Crippen LogP) is 3.14. The molecule has 4 unspecified atom stereocenters. The van der Waals surface area contributed by atoms with E-state index in [1.165, 1.54) is 19.5 Å². The average molecular weight is 341 g/mol. The minimum atomic E-state index is -0.409. The third kappa shape index (κ3) is 2.17. The number of nitrogens with zero attached hydrogens (tertiary/aromatic N) is 1. The molecule has 0 aromatic heterocycles. The van der Waals surface area contributed by atoms with Crippen LogP contribution in [0.3, 0.4) is 0 Å². The standard InChI is InChI=1S/C20H23NO4/c1-10-15-8-12(20(15,2)3)9-16(10)25-19(24)11-5-6-13-14(7-11)18(23)21(4)17(13)22/h5-7,10,12,15-16H,8-9H2,1-4H3. The fourth-order valence-electron chi connectivity index (χ4n) is 4.95. The van der Waals surface area contributed by atoms with Crippen molar-refractivity contribution in [1.82, 2.24) is 4.90 Å². The summed E-state index contributed by atoms with van der Waals surface area (Å²) in [4.78, 5) is 37.7. The summed E-state index contributed by atoms with van der Waals surface area (Å²) in [6, 6.07) is 4.60. The van der Waals surface area contributed by atoms with Gasteiger partial charge < -0.3 is 4.74 Å². The van der Waals surface area contributed by atoms with Gasteiger partial charge in [0, 0.05) is 7.05 Å². The number of ether oxygens (including phenoxy) is 1. The molecule has 132 valence electrons. The lowest BCUT2D eigenvalue weighted by Gasteiger charge is -2.61.